The van der Waals surface area contributed by atoms with Gasteiger partial charge in [0.05, 0.1) is 21.7 Å². The molecule has 1 unspecified atom stereocenters. The molecule has 272 valence electrons. The average Bonchev–Trinajstić information content (AvgIpc) is 3.51. The molecule has 1 spiro atoms. The summed E-state index contributed by atoms with van der Waals surface area (Å²) in [5.74, 6) is -4.31. The van der Waals surface area contributed by atoms with Gasteiger partial charge in [-0.2, -0.15) is 0 Å². The quantitative estimate of drug-likeness (QED) is 0.117. The van der Waals surface area contributed by atoms with Gasteiger partial charge in [-0.3, -0.25) is 9.59 Å². The van der Waals surface area contributed by atoms with E-state index in [2.05, 4.69) is 20.5 Å². The number of fused-ring (bicyclic) bond motifs is 3. The van der Waals surface area contributed by atoms with Gasteiger partial charge in [0.15, 0.2) is 17.9 Å². The Hall–Kier alpha value is -5.31. The Morgan fingerprint density at radius 1 is 0.925 bits per heavy atom. The number of nitrogens with one attached hydrogen (secondary N) is 2. The van der Waals surface area contributed by atoms with Gasteiger partial charge in [-0.15, -0.1) is 11.3 Å². The lowest BCUT2D eigenvalue weighted by Crippen LogP contribution is -2.59. The molecule has 2 saturated heterocycles. The first kappa shape index (κ1) is 34.8. The van der Waals surface area contributed by atoms with Gasteiger partial charge in [-0.05, 0) is 91.6 Å². The molecule has 9 nitrogen and oxygen atoms in total. The largest absolute Gasteiger partial charge is 0.381 e. The highest BCUT2D eigenvalue weighted by Crippen LogP contribution is 2.46. The number of ether oxygens (including phenoxy) is 1. The number of pyridine rings is 1. The zero-order valence-corrected chi connectivity index (χ0v) is 29.0. The van der Waals surface area contributed by atoms with Gasteiger partial charge in [0, 0.05) is 60.6 Å². The van der Waals surface area contributed by atoms with Gasteiger partial charge in [0.1, 0.15) is 23.1 Å². The summed E-state index contributed by atoms with van der Waals surface area (Å²) in [5.41, 5.74) is 1.29. The number of hydrogen-bond donors (Lipinski definition) is 3. The van der Waals surface area contributed by atoms with Crippen molar-refractivity contribution in [2.45, 2.75) is 25.5 Å². The number of carbonyl (C=O) groups excluding carboxylic acids is 2. The van der Waals surface area contributed by atoms with Crippen molar-refractivity contribution in [3.63, 3.8) is 0 Å². The molecule has 3 aromatic carbocycles. The summed E-state index contributed by atoms with van der Waals surface area (Å²) in [6.45, 7) is 3.18. The van der Waals surface area contributed by atoms with Crippen LogP contribution in [0.15, 0.2) is 79.0 Å². The van der Waals surface area contributed by atoms with Crippen LogP contribution in [0, 0.1) is 28.7 Å². The molecule has 2 fully saturated rings. The maximum absolute atomic E-state index is 15.6. The van der Waals surface area contributed by atoms with E-state index in [0.717, 1.165) is 68.7 Å². The molecule has 3 N–H and O–H groups in total. The van der Waals surface area contributed by atoms with Crippen LogP contribution in [0.4, 0.5) is 40.4 Å². The van der Waals surface area contributed by atoms with Crippen molar-refractivity contribution in [3.05, 3.63) is 124 Å². The van der Waals surface area contributed by atoms with Crippen molar-refractivity contribution in [1.82, 2.24) is 4.98 Å². The van der Waals surface area contributed by atoms with Crippen LogP contribution in [0.5, 0.6) is 0 Å². The third kappa shape index (κ3) is 6.51. The molecule has 8 rings (SSSR count). The number of aliphatic hydroxyl groups excluding tert-OH is 1. The number of halogens is 4. The number of rotatable bonds is 7. The molecule has 14 heteroatoms. The van der Waals surface area contributed by atoms with E-state index in [-0.39, 0.29) is 50.9 Å². The Bertz CT molecular complexity index is 2200. The van der Waals surface area contributed by atoms with Crippen molar-refractivity contribution < 1.29 is 37.0 Å². The van der Waals surface area contributed by atoms with Crippen LogP contribution in [0.1, 0.15) is 50.2 Å². The van der Waals surface area contributed by atoms with Crippen LogP contribution >= 0.6 is 11.3 Å². The van der Waals surface area contributed by atoms with Crippen LogP contribution in [0.3, 0.4) is 0 Å². The second-order valence-electron chi connectivity index (χ2n) is 13.5. The van der Waals surface area contributed by atoms with Crippen LogP contribution in [-0.4, -0.2) is 54.8 Å². The van der Waals surface area contributed by atoms with Gasteiger partial charge in [-0.1, -0.05) is 6.07 Å². The first-order valence-electron chi connectivity index (χ1n) is 17.1. The number of amides is 2. The minimum absolute atomic E-state index is 0.0820. The fourth-order valence-electron chi connectivity index (χ4n) is 7.28. The molecule has 2 aromatic heterocycles. The average molecular weight is 744 g/mol. The number of benzene rings is 3. The van der Waals surface area contributed by atoms with Crippen molar-refractivity contribution in [2.75, 3.05) is 53.3 Å². The minimum atomic E-state index is -1.56. The number of thiophene rings is 1. The lowest BCUT2D eigenvalue weighted by molar-refractivity contribution is -0.000509. The van der Waals surface area contributed by atoms with Crippen molar-refractivity contribution >= 4 is 46.0 Å². The zero-order chi connectivity index (χ0) is 36.9. The third-order valence-corrected chi connectivity index (χ3v) is 11.4. The lowest BCUT2D eigenvalue weighted by Gasteiger charge is -2.53. The second kappa shape index (κ2) is 13.9. The van der Waals surface area contributed by atoms with Gasteiger partial charge in [0.2, 0.25) is 0 Å². The van der Waals surface area contributed by atoms with E-state index in [4.69, 9.17) is 4.74 Å². The fourth-order valence-corrected chi connectivity index (χ4v) is 8.48. The number of nitrogens with zero attached hydrogens (tertiary/aromatic N) is 3. The topological polar surface area (TPSA) is 107 Å². The highest BCUT2D eigenvalue weighted by molar-refractivity contribution is 7.15. The number of para-hydroxylation sites is 1. The summed E-state index contributed by atoms with van der Waals surface area (Å²) < 4.78 is 64.4. The van der Waals surface area contributed by atoms with Crippen molar-refractivity contribution in [2.24, 2.45) is 5.41 Å². The van der Waals surface area contributed by atoms with Crippen molar-refractivity contribution in [1.29, 1.82) is 0 Å². The zero-order valence-electron chi connectivity index (χ0n) is 28.2. The van der Waals surface area contributed by atoms with E-state index in [1.165, 1.54) is 17.0 Å². The van der Waals surface area contributed by atoms with Gasteiger partial charge < -0.3 is 30.3 Å². The molecular weight excluding hydrogens is 711 g/mol. The molecule has 0 bridgehead atoms. The number of anilines is 4. The maximum atomic E-state index is 15.6. The maximum Gasteiger partial charge on any atom is 0.259 e. The van der Waals surface area contributed by atoms with E-state index in [1.807, 2.05) is 0 Å². The molecule has 0 radical (unpaired) electrons. The van der Waals surface area contributed by atoms with E-state index >= 15 is 4.39 Å². The van der Waals surface area contributed by atoms with E-state index in [9.17, 15) is 27.9 Å². The lowest BCUT2D eigenvalue weighted by atomic mass is 9.73. The number of aliphatic hydroxyl groups is 1. The van der Waals surface area contributed by atoms with Gasteiger partial charge >= 0.3 is 0 Å². The van der Waals surface area contributed by atoms with Crippen LogP contribution in [0.2, 0.25) is 0 Å². The molecule has 0 saturated carbocycles. The monoisotopic (exact) mass is 743 g/mol. The predicted molar refractivity (Wildman–Crippen MR) is 193 cm³/mol. The molecule has 0 aliphatic carbocycles. The second-order valence-corrected chi connectivity index (χ2v) is 14.6. The Kier molecular flexibility index (Phi) is 9.13. The molecule has 3 aliphatic heterocycles. The van der Waals surface area contributed by atoms with Crippen LogP contribution < -0.4 is 20.4 Å². The third-order valence-electron chi connectivity index (χ3n) is 10.1. The van der Waals surface area contributed by atoms with Gasteiger partial charge in [0.25, 0.3) is 11.8 Å². The van der Waals surface area contributed by atoms with E-state index < -0.39 is 41.1 Å². The van der Waals surface area contributed by atoms with E-state index in [1.54, 1.807) is 48.7 Å². The Morgan fingerprint density at radius 3 is 2.40 bits per heavy atom. The predicted octanol–water partition coefficient (Wildman–Crippen LogP) is 7.54. The van der Waals surface area contributed by atoms with Crippen LogP contribution in [-0.2, 0) is 11.2 Å². The van der Waals surface area contributed by atoms with Crippen LogP contribution in [0.25, 0.3) is 10.4 Å². The molecule has 2 amide bonds. The molecule has 53 heavy (non-hydrogen) atoms. The normalized spacial score (nSPS) is 16.6. The highest BCUT2D eigenvalue weighted by atomic mass is 32.1. The summed E-state index contributed by atoms with van der Waals surface area (Å²) >= 11 is 0.927. The summed E-state index contributed by atoms with van der Waals surface area (Å²) in [7, 11) is 0. The summed E-state index contributed by atoms with van der Waals surface area (Å²) in [6, 6.07) is 16.8. The Morgan fingerprint density at radius 2 is 1.66 bits per heavy atom. The fraction of sp³-hybridized carbons (Fsp3) is 0.256. The van der Waals surface area contributed by atoms with Gasteiger partial charge in [-0.25, -0.2) is 22.5 Å². The number of aromatic nitrogens is 1. The summed E-state index contributed by atoms with van der Waals surface area (Å²) in [6.07, 6.45) is 2.29. The molecule has 3 aliphatic rings. The molecular formula is C39H33F4N5O4S. The molecule has 1 atom stereocenters. The number of hydrogen-bond acceptors (Lipinski definition) is 8. The molecule has 5 aromatic rings. The highest BCUT2D eigenvalue weighted by Gasteiger charge is 2.45. The first-order chi connectivity index (χ1) is 25.6. The number of carbonyl (C=O) groups is 2. The Balaban J connectivity index is 0.999. The molecule has 5 heterocycles. The SMILES string of the molecule is O=C(Nc1ccc(C(=O)N2CCc3cc(C(O)Nc4c(F)cccc4F)sc3-c3c2ccc(F)c3F)cc1)c1cccnc1N1CC2(CCOCC2)C1. The summed E-state index contributed by atoms with van der Waals surface area (Å²) in [4.78, 5) is 35.9. The minimum Gasteiger partial charge on any atom is -0.381 e. The standard InChI is InChI=1S/C39H33F4N5O4S/c40-26-10-11-29-31(32(26)43)34-23(19-30(53-34)37(50)46-33-27(41)4-1-5-28(33)42)12-16-48(29)38(51)22-6-8-24(9-7-22)45-36(49)25-3-2-15-44-35(25)47-20-39(21-47)13-17-52-18-14-39/h1-11,15,19,37,46,50H,12-14,16-18,20-21H2,(H,45,49). The summed E-state index contributed by atoms with van der Waals surface area (Å²) in [5, 5.41) is 16.2. The first-order valence-corrected chi connectivity index (χ1v) is 17.9. The van der Waals surface area contributed by atoms with E-state index in [0.29, 0.717) is 22.6 Å². The smallest absolute Gasteiger partial charge is 0.259 e. The van der Waals surface area contributed by atoms with Crippen molar-refractivity contribution in [3.8, 4) is 10.4 Å². The Labute approximate surface area is 305 Å².